The number of pyridine rings is 1. The van der Waals surface area contributed by atoms with Gasteiger partial charge in [0.15, 0.2) is 0 Å². The first-order chi connectivity index (χ1) is 15.7. The predicted molar refractivity (Wildman–Crippen MR) is 132 cm³/mol. The molecule has 0 fully saturated rings. The number of ether oxygens (including phenoxy) is 1. The summed E-state index contributed by atoms with van der Waals surface area (Å²) in [6.45, 7) is 4.45. The second kappa shape index (κ2) is 7.35. The topological polar surface area (TPSA) is 22.1 Å². The summed E-state index contributed by atoms with van der Waals surface area (Å²) in [7, 11) is 0. The fourth-order valence-corrected chi connectivity index (χ4v) is 4.60. The van der Waals surface area contributed by atoms with Gasteiger partial charge >= 0.3 is 0 Å². The third-order valence-electron chi connectivity index (χ3n) is 6.33. The summed E-state index contributed by atoms with van der Waals surface area (Å²) < 4.78 is 6.49. The first kappa shape index (κ1) is 18.8. The molecular weight excluding hydrogens is 390 g/mol. The largest absolute Gasteiger partial charge is 0.456 e. The predicted octanol–water partition coefficient (Wildman–Crippen LogP) is 8.46. The Kier molecular flexibility index (Phi) is 4.32. The number of benzene rings is 4. The molecule has 0 saturated carbocycles. The van der Waals surface area contributed by atoms with Crippen molar-refractivity contribution >= 4 is 10.8 Å². The second-order valence-electron chi connectivity index (χ2n) is 8.65. The molecule has 0 atom stereocenters. The van der Waals surface area contributed by atoms with Crippen molar-refractivity contribution in [2.45, 2.75) is 19.8 Å². The van der Waals surface area contributed by atoms with E-state index in [4.69, 9.17) is 9.72 Å². The van der Waals surface area contributed by atoms with Crippen molar-refractivity contribution in [2.75, 3.05) is 0 Å². The number of rotatable bonds is 2. The van der Waals surface area contributed by atoms with Gasteiger partial charge in [0.2, 0.25) is 0 Å². The summed E-state index contributed by atoms with van der Waals surface area (Å²) in [4.78, 5) is 4.78. The monoisotopic (exact) mass is 413 g/mol. The maximum Gasteiger partial charge on any atom is 0.135 e. The molecule has 32 heavy (non-hydrogen) atoms. The summed E-state index contributed by atoms with van der Waals surface area (Å²) >= 11 is 0. The van der Waals surface area contributed by atoms with Crippen molar-refractivity contribution in [2.24, 2.45) is 0 Å². The third kappa shape index (κ3) is 2.99. The number of nitrogens with zero attached hydrogens (tertiary/aromatic N) is 1. The van der Waals surface area contributed by atoms with Crippen LogP contribution in [0.4, 0.5) is 0 Å². The molecule has 2 heterocycles. The van der Waals surface area contributed by atoms with E-state index in [1.54, 1.807) is 0 Å². The highest BCUT2D eigenvalue weighted by atomic mass is 16.5. The molecule has 6 rings (SSSR count). The van der Waals surface area contributed by atoms with E-state index >= 15 is 0 Å². The molecule has 0 aliphatic carbocycles. The molecule has 2 nitrogen and oxygen atoms in total. The van der Waals surface area contributed by atoms with Crippen LogP contribution in [0, 0.1) is 0 Å². The van der Waals surface area contributed by atoms with E-state index in [1.807, 2.05) is 18.3 Å². The molecule has 1 aliphatic heterocycles. The van der Waals surface area contributed by atoms with Gasteiger partial charge in [-0.2, -0.15) is 0 Å². The van der Waals surface area contributed by atoms with E-state index in [0.29, 0.717) is 5.92 Å². The summed E-state index contributed by atoms with van der Waals surface area (Å²) in [6, 6.07) is 32.0. The molecule has 0 unspecified atom stereocenters. The molecule has 1 aliphatic rings. The molecule has 0 spiro atoms. The first-order valence-corrected chi connectivity index (χ1v) is 11.1. The molecule has 2 heteroatoms. The molecule has 0 radical (unpaired) electrons. The zero-order valence-electron chi connectivity index (χ0n) is 18.2. The average Bonchev–Trinajstić information content (AvgIpc) is 2.97. The summed E-state index contributed by atoms with van der Waals surface area (Å²) in [5.74, 6) is 2.21. The Morgan fingerprint density at radius 2 is 1.38 bits per heavy atom. The lowest BCUT2D eigenvalue weighted by molar-refractivity contribution is 0.488. The van der Waals surface area contributed by atoms with Crippen LogP contribution in [-0.4, -0.2) is 4.98 Å². The number of para-hydroxylation sites is 1. The standard InChI is InChI=1S/C30H23NO/c1-19(2)21-12-11-20-15-16-31-30(27(20)17-21)22-13-14-26-24-8-4-3-7-23(24)25-9-5-6-10-28(25)32-29(26)18-22/h3-19H,1-2H3. The minimum Gasteiger partial charge on any atom is -0.456 e. The van der Waals surface area contributed by atoms with Gasteiger partial charge in [-0.15, -0.1) is 0 Å². The molecular formula is C30H23NO. The number of hydrogen-bond acceptors (Lipinski definition) is 2. The Bertz CT molecular complexity index is 1480. The fourth-order valence-electron chi connectivity index (χ4n) is 4.60. The van der Waals surface area contributed by atoms with Crippen LogP contribution >= 0.6 is 0 Å². The Balaban J connectivity index is 1.57. The van der Waals surface area contributed by atoms with Gasteiger partial charge in [-0.3, -0.25) is 4.98 Å². The SMILES string of the molecule is CC(C)c1ccc2ccnc(-c3ccc4c(c3)Oc3ccccc3-c3ccccc3-4)c2c1. The lowest BCUT2D eigenvalue weighted by atomic mass is 9.93. The van der Waals surface area contributed by atoms with Crippen LogP contribution in [0.2, 0.25) is 0 Å². The summed E-state index contributed by atoms with van der Waals surface area (Å²) in [5, 5.41) is 2.37. The van der Waals surface area contributed by atoms with Crippen molar-refractivity contribution in [3.05, 3.63) is 103 Å². The minimum absolute atomic E-state index is 0.468. The second-order valence-corrected chi connectivity index (χ2v) is 8.65. The van der Waals surface area contributed by atoms with Crippen LogP contribution in [0.3, 0.4) is 0 Å². The Morgan fingerprint density at radius 1 is 0.656 bits per heavy atom. The maximum absolute atomic E-state index is 6.49. The molecule has 5 aromatic rings. The van der Waals surface area contributed by atoms with Crippen LogP contribution in [-0.2, 0) is 0 Å². The Morgan fingerprint density at radius 3 is 2.16 bits per heavy atom. The van der Waals surface area contributed by atoms with Gasteiger partial charge in [0.1, 0.15) is 11.5 Å². The number of fused-ring (bicyclic) bond motifs is 6. The maximum atomic E-state index is 6.49. The zero-order chi connectivity index (χ0) is 21.7. The highest BCUT2D eigenvalue weighted by molar-refractivity contribution is 5.97. The van der Waals surface area contributed by atoms with E-state index in [1.165, 1.54) is 27.5 Å². The van der Waals surface area contributed by atoms with Gasteiger partial charge in [0.25, 0.3) is 0 Å². The van der Waals surface area contributed by atoms with Gasteiger partial charge in [0.05, 0.1) is 5.69 Å². The minimum atomic E-state index is 0.468. The highest BCUT2D eigenvalue weighted by Gasteiger charge is 2.21. The van der Waals surface area contributed by atoms with Crippen LogP contribution in [0.15, 0.2) is 97.2 Å². The normalized spacial score (nSPS) is 12.0. The van der Waals surface area contributed by atoms with Crippen molar-refractivity contribution < 1.29 is 4.74 Å². The van der Waals surface area contributed by atoms with Crippen LogP contribution in [0.5, 0.6) is 11.5 Å². The zero-order valence-corrected chi connectivity index (χ0v) is 18.2. The third-order valence-corrected chi connectivity index (χ3v) is 6.33. The molecule has 1 aromatic heterocycles. The summed E-state index contributed by atoms with van der Waals surface area (Å²) in [5.41, 5.74) is 7.97. The van der Waals surface area contributed by atoms with E-state index in [2.05, 4.69) is 92.7 Å². The Labute approximate surface area is 188 Å². The fraction of sp³-hybridized carbons (Fsp3) is 0.100. The molecule has 0 saturated heterocycles. The van der Waals surface area contributed by atoms with Gasteiger partial charge in [-0.25, -0.2) is 0 Å². The van der Waals surface area contributed by atoms with Crippen LogP contribution < -0.4 is 4.74 Å². The molecule has 0 N–H and O–H groups in total. The Hall–Kier alpha value is -3.91. The van der Waals surface area contributed by atoms with Crippen molar-refractivity contribution in [3.8, 4) is 45.0 Å². The smallest absolute Gasteiger partial charge is 0.135 e. The van der Waals surface area contributed by atoms with Crippen LogP contribution in [0.1, 0.15) is 25.3 Å². The lowest BCUT2D eigenvalue weighted by Crippen LogP contribution is -1.92. The molecule has 0 amide bonds. The number of aromatic nitrogens is 1. The number of hydrogen-bond donors (Lipinski definition) is 0. The highest BCUT2D eigenvalue weighted by Crippen LogP contribution is 2.47. The average molecular weight is 414 g/mol. The lowest BCUT2D eigenvalue weighted by Gasteiger charge is -2.13. The van der Waals surface area contributed by atoms with E-state index in [-0.39, 0.29) is 0 Å². The van der Waals surface area contributed by atoms with E-state index < -0.39 is 0 Å². The van der Waals surface area contributed by atoms with E-state index in [0.717, 1.165) is 33.9 Å². The van der Waals surface area contributed by atoms with Crippen molar-refractivity contribution in [1.29, 1.82) is 0 Å². The molecule has 154 valence electrons. The molecule has 0 bridgehead atoms. The van der Waals surface area contributed by atoms with Crippen molar-refractivity contribution in [1.82, 2.24) is 4.98 Å². The van der Waals surface area contributed by atoms with E-state index in [9.17, 15) is 0 Å². The quantitative estimate of drug-likeness (QED) is 0.284. The van der Waals surface area contributed by atoms with Gasteiger partial charge in [0, 0.05) is 28.3 Å². The molecule has 4 aromatic carbocycles. The first-order valence-electron chi connectivity index (χ1n) is 11.1. The van der Waals surface area contributed by atoms with Gasteiger partial charge in [-0.1, -0.05) is 74.5 Å². The van der Waals surface area contributed by atoms with Crippen molar-refractivity contribution in [3.63, 3.8) is 0 Å². The van der Waals surface area contributed by atoms with Gasteiger partial charge < -0.3 is 4.74 Å². The van der Waals surface area contributed by atoms with Gasteiger partial charge in [-0.05, 0) is 58.3 Å². The summed E-state index contributed by atoms with van der Waals surface area (Å²) in [6.07, 6.45) is 1.89. The van der Waals surface area contributed by atoms with Crippen LogP contribution in [0.25, 0.3) is 44.3 Å².